The lowest BCUT2D eigenvalue weighted by molar-refractivity contribution is 0.0762. The van der Waals surface area contributed by atoms with Gasteiger partial charge in [0.25, 0.3) is 5.91 Å². The van der Waals surface area contributed by atoms with E-state index >= 15 is 0 Å². The molecule has 4 nitrogen and oxygen atoms in total. The molecule has 0 bridgehead atoms. The van der Waals surface area contributed by atoms with E-state index in [0.717, 1.165) is 17.6 Å². The van der Waals surface area contributed by atoms with Gasteiger partial charge in [-0.15, -0.1) is 0 Å². The first-order valence-electron chi connectivity index (χ1n) is 9.13. The normalized spacial score (nSPS) is 17.7. The fourth-order valence-corrected chi connectivity index (χ4v) is 4.88. The number of carbonyl (C=O) groups excluding carboxylic acids is 1. The molecule has 5 heteroatoms. The Hall–Kier alpha value is -2.53. The van der Waals surface area contributed by atoms with Gasteiger partial charge in [0.15, 0.2) is 0 Å². The Kier molecular flexibility index (Phi) is 5.03. The van der Waals surface area contributed by atoms with Crippen LogP contribution in [0.4, 0.5) is 0 Å². The lowest BCUT2D eigenvalue weighted by Gasteiger charge is -2.20. The first-order valence-corrected chi connectivity index (χ1v) is 10.2. The lowest BCUT2D eigenvalue weighted by atomic mass is 10.0. The van der Waals surface area contributed by atoms with Crippen molar-refractivity contribution in [2.24, 2.45) is 0 Å². The Morgan fingerprint density at radius 2 is 1.89 bits per heavy atom. The average Bonchev–Trinajstić information content (AvgIpc) is 2.93. The molecule has 0 radical (unpaired) electrons. The van der Waals surface area contributed by atoms with Gasteiger partial charge in [0.1, 0.15) is 11.1 Å². The molecule has 1 amide bonds. The van der Waals surface area contributed by atoms with Gasteiger partial charge in [-0.3, -0.25) is 4.79 Å². The topological polar surface area (TPSA) is 50.5 Å². The summed E-state index contributed by atoms with van der Waals surface area (Å²) in [5.74, 6) is 0.615. The summed E-state index contributed by atoms with van der Waals surface area (Å²) >= 11 is 1.88. The Balaban J connectivity index is 1.56. The smallest absolute Gasteiger partial charge is 0.349 e. The zero-order valence-corrected chi connectivity index (χ0v) is 16.0. The Morgan fingerprint density at radius 1 is 1.11 bits per heavy atom. The SMILES string of the molecule is Cc1ccccc1[C@@H]1CCN(C(=O)c2cc3ccccc3oc2=O)CCS1. The molecule has 3 aromatic rings. The number of amides is 1. The van der Waals surface area contributed by atoms with Gasteiger partial charge < -0.3 is 9.32 Å². The molecule has 138 valence electrons. The second-order valence-electron chi connectivity index (χ2n) is 6.78. The summed E-state index contributed by atoms with van der Waals surface area (Å²) in [5.41, 5.74) is 2.68. The maximum absolute atomic E-state index is 13.0. The zero-order chi connectivity index (χ0) is 18.8. The molecule has 1 aliphatic rings. The third kappa shape index (κ3) is 3.65. The number of rotatable bonds is 2. The fourth-order valence-electron chi connectivity index (χ4n) is 3.55. The Morgan fingerprint density at radius 3 is 2.74 bits per heavy atom. The minimum atomic E-state index is -0.564. The van der Waals surface area contributed by atoms with Crippen LogP contribution in [0.3, 0.4) is 0 Å². The van der Waals surface area contributed by atoms with Gasteiger partial charge in [-0.25, -0.2) is 4.79 Å². The van der Waals surface area contributed by atoms with Gasteiger partial charge >= 0.3 is 5.63 Å². The number of benzene rings is 2. The van der Waals surface area contributed by atoms with Crippen molar-refractivity contribution in [3.63, 3.8) is 0 Å². The number of thioether (sulfide) groups is 1. The highest BCUT2D eigenvalue weighted by Crippen LogP contribution is 2.36. The molecule has 0 aliphatic carbocycles. The second kappa shape index (κ2) is 7.61. The summed E-state index contributed by atoms with van der Waals surface area (Å²) in [6.07, 6.45) is 0.875. The molecule has 0 unspecified atom stereocenters. The van der Waals surface area contributed by atoms with Crippen LogP contribution in [0, 0.1) is 6.92 Å². The van der Waals surface area contributed by atoms with Crippen molar-refractivity contribution >= 4 is 28.6 Å². The highest BCUT2D eigenvalue weighted by Gasteiger charge is 2.25. The van der Waals surface area contributed by atoms with Crippen LogP contribution in [-0.2, 0) is 0 Å². The monoisotopic (exact) mass is 379 g/mol. The molecule has 1 fully saturated rings. The molecule has 1 saturated heterocycles. The molecule has 2 heterocycles. The van der Waals surface area contributed by atoms with Crippen molar-refractivity contribution in [2.75, 3.05) is 18.8 Å². The summed E-state index contributed by atoms with van der Waals surface area (Å²) in [4.78, 5) is 27.1. The van der Waals surface area contributed by atoms with Crippen LogP contribution in [0.25, 0.3) is 11.0 Å². The number of hydrogen-bond acceptors (Lipinski definition) is 4. The number of hydrogen-bond donors (Lipinski definition) is 0. The predicted molar refractivity (Wildman–Crippen MR) is 109 cm³/mol. The zero-order valence-electron chi connectivity index (χ0n) is 15.2. The van der Waals surface area contributed by atoms with Gasteiger partial charge in [0.05, 0.1) is 0 Å². The van der Waals surface area contributed by atoms with E-state index in [1.807, 2.05) is 30.0 Å². The van der Waals surface area contributed by atoms with Crippen molar-refractivity contribution in [2.45, 2.75) is 18.6 Å². The molecule has 2 aromatic carbocycles. The fraction of sp³-hybridized carbons (Fsp3) is 0.273. The van der Waals surface area contributed by atoms with E-state index in [0.29, 0.717) is 23.9 Å². The Labute approximate surface area is 162 Å². The lowest BCUT2D eigenvalue weighted by Crippen LogP contribution is -2.35. The van der Waals surface area contributed by atoms with Crippen LogP contribution in [-0.4, -0.2) is 29.6 Å². The van der Waals surface area contributed by atoms with E-state index in [-0.39, 0.29) is 11.5 Å². The van der Waals surface area contributed by atoms with E-state index < -0.39 is 5.63 Å². The third-order valence-corrected chi connectivity index (χ3v) is 6.35. The maximum atomic E-state index is 13.0. The molecular formula is C22H21NO3S. The molecular weight excluding hydrogens is 358 g/mol. The van der Waals surface area contributed by atoms with Crippen molar-refractivity contribution in [3.05, 3.63) is 81.7 Å². The van der Waals surface area contributed by atoms with Crippen LogP contribution in [0.2, 0.25) is 0 Å². The summed E-state index contributed by atoms with van der Waals surface area (Å²) in [6.45, 7) is 3.40. The maximum Gasteiger partial charge on any atom is 0.349 e. The molecule has 1 aromatic heterocycles. The van der Waals surface area contributed by atoms with Crippen LogP contribution < -0.4 is 5.63 Å². The van der Waals surface area contributed by atoms with Crippen LogP contribution in [0.5, 0.6) is 0 Å². The van der Waals surface area contributed by atoms with Crippen LogP contribution in [0.1, 0.15) is 33.2 Å². The highest BCUT2D eigenvalue weighted by atomic mass is 32.2. The molecule has 4 rings (SSSR count). The van der Waals surface area contributed by atoms with Crippen LogP contribution >= 0.6 is 11.8 Å². The highest BCUT2D eigenvalue weighted by molar-refractivity contribution is 7.99. The van der Waals surface area contributed by atoms with Crippen molar-refractivity contribution in [1.29, 1.82) is 0 Å². The van der Waals surface area contributed by atoms with E-state index in [2.05, 4.69) is 31.2 Å². The minimum Gasteiger partial charge on any atom is -0.422 e. The van der Waals surface area contributed by atoms with Crippen LogP contribution in [0.15, 0.2) is 63.8 Å². The van der Waals surface area contributed by atoms with Gasteiger partial charge in [0, 0.05) is 29.5 Å². The number of carbonyl (C=O) groups is 1. The standard InChI is InChI=1S/C22H21NO3S/c1-15-6-2-4-8-17(15)20-10-11-23(12-13-27-20)21(24)18-14-16-7-3-5-9-19(16)26-22(18)25/h2-9,14,20H,10-13H2,1H3/t20-/m0/s1. The van der Waals surface area contributed by atoms with Gasteiger partial charge in [0.2, 0.25) is 0 Å². The summed E-state index contributed by atoms with van der Waals surface area (Å²) in [7, 11) is 0. The van der Waals surface area contributed by atoms with E-state index in [9.17, 15) is 9.59 Å². The minimum absolute atomic E-state index is 0.119. The number of fused-ring (bicyclic) bond motifs is 1. The molecule has 1 atom stereocenters. The van der Waals surface area contributed by atoms with Gasteiger partial charge in [-0.2, -0.15) is 11.8 Å². The summed E-state index contributed by atoms with van der Waals surface area (Å²) < 4.78 is 5.33. The average molecular weight is 379 g/mol. The summed E-state index contributed by atoms with van der Waals surface area (Å²) in [5, 5.41) is 1.14. The largest absolute Gasteiger partial charge is 0.422 e. The van der Waals surface area contributed by atoms with Crippen molar-refractivity contribution in [3.8, 4) is 0 Å². The Bertz CT molecular complexity index is 1040. The first kappa shape index (κ1) is 17.9. The van der Waals surface area contributed by atoms with Gasteiger partial charge in [-0.1, -0.05) is 42.5 Å². The predicted octanol–water partition coefficient (Wildman–Crippen LogP) is 4.42. The number of aryl methyl sites for hydroxylation is 1. The second-order valence-corrected chi connectivity index (χ2v) is 8.09. The molecule has 0 N–H and O–H groups in total. The number of nitrogens with zero attached hydrogens (tertiary/aromatic N) is 1. The first-order chi connectivity index (χ1) is 13.1. The van der Waals surface area contributed by atoms with E-state index in [1.54, 1.807) is 17.0 Å². The quantitative estimate of drug-likeness (QED) is 0.619. The number of para-hydroxylation sites is 1. The van der Waals surface area contributed by atoms with E-state index in [4.69, 9.17) is 4.42 Å². The van der Waals surface area contributed by atoms with E-state index in [1.165, 1.54) is 11.1 Å². The summed E-state index contributed by atoms with van der Waals surface area (Å²) in [6, 6.07) is 17.3. The van der Waals surface area contributed by atoms with Gasteiger partial charge in [-0.05, 0) is 36.6 Å². The molecule has 1 aliphatic heterocycles. The molecule has 27 heavy (non-hydrogen) atoms. The van der Waals surface area contributed by atoms with Crippen molar-refractivity contribution < 1.29 is 9.21 Å². The third-order valence-electron chi connectivity index (χ3n) is 5.04. The molecule has 0 spiro atoms. The van der Waals surface area contributed by atoms with Crippen molar-refractivity contribution in [1.82, 2.24) is 4.90 Å². The molecule has 0 saturated carbocycles.